The summed E-state index contributed by atoms with van der Waals surface area (Å²) in [5.74, 6) is -0.175. The van der Waals surface area contributed by atoms with Crippen LogP contribution in [-0.4, -0.2) is 49.5 Å². The Hall–Kier alpha value is -2.08. The number of carbonyl (C=O) groups excluding carboxylic acids is 2. The van der Waals surface area contributed by atoms with Crippen molar-refractivity contribution >= 4 is 11.8 Å². The number of nitrogens with zero attached hydrogens (tertiary/aromatic N) is 1. The van der Waals surface area contributed by atoms with Crippen LogP contribution in [0.1, 0.15) is 29.6 Å². The third-order valence-electron chi connectivity index (χ3n) is 4.93. The zero-order valence-electron chi connectivity index (χ0n) is 13.2. The third kappa shape index (κ3) is 3.47. The molecule has 3 N–H and O–H groups in total. The van der Waals surface area contributed by atoms with Crippen molar-refractivity contribution in [1.29, 1.82) is 0 Å². The van der Waals surface area contributed by atoms with Gasteiger partial charge in [0.25, 0.3) is 11.8 Å². The molecule has 2 fully saturated rings. The van der Waals surface area contributed by atoms with Gasteiger partial charge in [-0.15, -0.1) is 0 Å². The molecule has 23 heavy (non-hydrogen) atoms. The van der Waals surface area contributed by atoms with E-state index in [4.69, 9.17) is 10.5 Å². The van der Waals surface area contributed by atoms with Crippen LogP contribution in [0.3, 0.4) is 0 Å². The molecule has 6 nitrogen and oxygen atoms in total. The maximum Gasteiger partial charge on any atom is 0.257 e. The minimum absolute atomic E-state index is 0.0362. The topological polar surface area (TPSA) is 84.7 Å². The van der Waals surface area contributed by atoms with Gasteiger partial charge in [0, 0.05) is 19.6 Å². The van der Waals surface area contributed by atoms with Crippen molar-refractivity contribution in [2.75, 3.05) is 32.8 Å². The largest absolute Gasteiger partial charge is 0.483 e. The summed E-state index contributed by atoms with van der Waals surface area (Å²) in [6, 6.07) is 7.02. The van der Waals surface area contributed by atoms with Gasteiger partial charge in [0.15, 0.2) is 6.61 Å². The lowest BCUT2D eigenvalue weighted by molar-refractivity contribution is -0.119. The van der Waals surface area contributed by atoms with Gasteiger partial charge in [-0.2, -0.15) is 0 Å². The molecule has 124 valence electrons. The van der Waals surface area contributed by atoms with Crippen molar-refractivity contribution in [1.82, 2.24) is 10.2 Å². The first-order chi connectivity index (χ1) is 11.1. The zero-order valence-corrected chi connectivity index (χ0v) is 13.2. The van der Waals surface area contributed by atoms with Gasteiger partial charge in [0.05, 0.1) is 5.56 Å². The van der Waals surface area contributed by atoms with E-state index in [1.807, 2.05) is 4.90 Å². The molecule has 1 aromatic rings. The van der Waals surface area contributed by atoms with Gasteiger partial charge in [-0.25, -0.2) is 0 Å². The van der Waals surface area contributed by atoms with Crippen molar-refractivity contribution in [2.24, 2.45) is 11.1 Å². The summed E-state index contributed by atoms with van der Waals surface area (Å²) in [5, 5.41) is 3.43. The van der Waals surface area contributed by atoms with E-state index in [1.54, 1.807) is 24.3 Å². The number of nitrogens with one attached hydrogen (secondary N) is 1. The molecule has 2 saturated heterocycles. The molecule has 1 aromatic carbocycles. The van der Waals surface area contributed by atoms with Crippen molar-refractivity contribution < 1.29 is 14.3 Å². The molecule has 0 atom stereocenters. The predicted molar refractivity (Wildman–Crippen MR) is 86.2 cm³/mol. The molecule has 0 radical (unpaired) electrons. The van der Waals surface area contributed by atoms with Crippen molar-refractivity contribution in [2.45, 2.75) is 19.3 Å². The summed E-state index contributed by atoms with van der Waals surface area (Å²) in [7, 11) is 0. The fourth-order valence-corrected chi connectivity index (χ4v) is 3.49. The molecule has 0 unspecified atom stereocenters. The van der Waals surface area contributed by atoms with E-state index in [-0.39, 0.29) is 12.5 Å². The van der Waals surface area contributed by atoms with Crippen LogP contribution in [0.5, 0.6) is 5.75 Å². The van der Waals surface area contributed by atoms with Crippen LogP contribution in [0, 0.1) is 5.41 Å². The van der Waals surface area contributed by atoms with Crippen molar-refractivity contribution in [3.05, 3.63) is 29.8 Å². The summed E-state index contributed by atoms with van der Waals surface area (Å²) in [6.45, 7) is 3.46. The van der Waals surface area contributed by atoms with E-state index in [1.165, 1.54) is 6.42 Å². The molecule has 2 heterocycles. The highest BCUT2D eigenvalue weighted by Gasteiger charge is 2.38. The van der Waals surface area contributed by atoms with Crippen LogP contribution < -0.4 is 15.8 Å². The average Bonchev–Trinajstić information content (AvgIpc) is 3.01. The lowest BCUT2D eigenvalue weighted by atomic mass is 9.78. The average molecular weight is 317 g/mol. The standard InChI is InChI=1S/C17H23N3O3/c18-15(21)11-23-14-4-2-1-3-13(14)16(22)20-9-6-17(7-10-20)5-8-19-12-17/h1-4,19H,5-12H2,(H2,18,21). The molecule has 3 rings (SSSR count). The van der Waals surface area contributed by atoms with E-state index in [9.17, 15) is 9.59 Å². The van der Waals surface area contributed by atoms with Gasteiger partial charge in [-0.05, 0) is 43.4 Å². The Kier molecular flexibility index (Phi) is 4.52. The maximum absolute atomic E-state index is 12.8. The molecule has 2 aliphatic rings. The highest BCUT2D eigenvalue weighted by atomic mass is 16.5. The van der Waals surface area contributed by atoms with Crippen molar-refractivity contribution in [3.8, 4) is 5.75 Å². The summed E-state index contributed by atoms with van der Waals surface area (Å²) < 4.78 is 5.37. The van der Waals surface area contributed by atoms with Crippen LogP contribution in [0.2, 0.25) is 0 Å². The monoisotopic (exact) mass is 317 g/mol. The van der Waals surface area contributed by atoms with E-state index < -0.39 is 5.91 Å². The Morgan fingerprint density at radius 2 is 1.96 bits per heavy atom. The smallest absolute Gasteiger partial charge is 0.257 e. The van der Waals surface area contributed by atoms with E-state index >= 15 is 0 Å². The number of rotatable bonds is 4. The molecule has 1 spiro atoms. The highest BCUT2D eigenvalue weighted by molar-refractivity contribution is 5.97. The van der Waals surface area contributed by atoms with Crippen molar-refractivity contribution in [3.63, 3.8) is 0 Å². The molecular weight excluding hydrogens is 294 g/mol. The van der Waals surface area contributed by atoms with E-state index in [0.29, 0.717) is 16.7 Å². The Labute approximate surface area is 136 Å². The molecular formula is C17H23N3O3. The van der Waals surface area contributed by atoms with Crippen LogP contribution >= 0.6 is 0 Å². The number of benzene rings is 1. The summed E-state index contributed by atoms with van der Waals surface area (Å²) in [6.07, 6.45) is 3.28. The molecule has 6 heteroatoms. The minimum Gasteiger partial charge on any atom is -0.483 e. The number of likely N-dealkylation sites (tertiary alicyclic amines) is 1. The van der Waals surface area contributed by atoms with Gasteiger partial charge in [0.1, 0.15) is 5.75 Å². The molecule has 2 aliphatic heterocycles. The van der Waals surface area contributed by atoms with Gasteiger partial charge in [-0.3, -0.25) is 9.59 Å². The number of ether oxygens (including phenoxy) is 1. The Bertz CT molecular complexity index is 587. The Balaban J connectivity index is 1.67. The van der Waals surface area contributed by atoms with E-state index in [0.717, 1.165) is 39.0 Å². The van der Waals surface area contributed by atoms with Crippen LogP contribution in [-0.2, 0) is 4.79 Å². The lowest BCUT2D eigenvalue weighted by Crippen LogP contribution is -2.44. The predicted octanol–water partition coefficient (Wildman–Crippen LogP) is 0.766. The SMILES string of the molecule is NC(=O)COc1ccccc1C(=O)N1CCC2(CCNC2)CC1. The fourth-order valence-electron chi connectivity index (χ4n) is 3.49. The number of nitrogens with two attached hydrogens (primary N) is 1. The number of amides is 2. The van der Waals surface area contributed by atoms with Crippen LogP contribution in [0.4, 0.5) is 0 Å². The first-order valence-corrected chi connectivity index (χ1v) is 8.10. The minimum atomic E-state index is -0.555. The van der Waals surface area contributed by atoms with Gasteiger partial charge < -0.3 is 20.7 Å². The second-order valence-electron chi connectivity index (χ2n) is 6.47. The van der Waals surface area contributed by atoms with Crippen LogP contribution in [0.15, 0.2) is 24.3 Å². The fraction of sp³-hybridized carbons (Fsp3) is 0.529. The summed E-state index contributed by atoms with van der Waals surface area (Å²) in [4.78, 5) is 25.6. The molecule has 0 aliphatic carbocycles. The normalized spacial score (nSPS) is 19.7. The number of hydrogen-bond acceptors (Lipinski definition) is 4. The first kappa shape index (κ1) is 15.8. The van der Waals surface area contributed by atoms with Gasteiger partial charge >= 0.3 is 0 Å². The second kappa shape index (κ2) is 6.58. The molecule has 0 saturated carbocycles. The summed E-state index contributed by atoms with van der Waals surface area (Å²) >= 11 is 0. The molecule has 2 amide bonds. The quantitative estimate of drug-likeness (QED) is 0.859. The third-order valence-corrected chi connectivity index (χ3v) is 4.93. The number of para-hydroxylation sites is 1. The number of hydrogen-bond donors (Lipinski definition) is 2. The Morgan fingerprint density at radius 3 is 2.61 bits per heavy atom. The van der Waals surface area contributed by atoms with Gasteiger partial charge in [-0.1, -0.05) is 12.1 Å². The maximum atomic E-state index is 12.8. The molecule has 0 bridgehead atoms. The Morgan fingerprint density at radius 1 is 1.22 bits per heavy atom. The zero-order chi connectivity index (χ0) is 16.3. The summed E-state index contributed by atoms with van der Waals surface area (Å²) in [5.41, 5.74) is 5.98. The lowest BCUT2D eigenvalue weighted by Gasteiger charge is -2.39. The van der Waals surface area contributed by atoms with E-state index in [2.05, 4.69) is 5.32 Å². The second-order valence-corrected chi connectivity index (χ2v) is 6.47. The molecule has 0 aromatic heterocycles. The van der Waals surface area contributed by atoms with Crippen LogP contribution in [0.25, 0.3) is 0 Å². The highest BCUT2D eigenvalue weighted by Crippen LogP contribution is 2.37. The number of primary amides is 1. The number of carbonyl (C=O) groups is 2. The number of piperidine rings is 1. The first-order valence-electron chi connectivity index (χ1n) is 8.10. The van der Waals surface area contributed by atoms with Gasteiger partial charge in [0.2, 0.25) is 0 Å².